The van der Waals surface area contributed by atoms with Crippen LogP contribution in [0.4, 0.5) is 13.2 Å². The average molecular weight is 408 g/mol. The number of imidazole rings is 1. The first-order valence-corrected chi connectivity index (χ1v) is 10.2. The van der Waals surface area contributed by atoms with Gasteiger partial charge in [-0.2, -0.15) is 13.2 Å². The third kappa shape index (κ3) is 5.20. The van der Waals surface area contributed by atoms with Crippen LogP contribution in [0.1, 0.15) is 49.7 Å². The van der Waals surface area contributed by atoms with E-state index >= 15 is 0 Å². The number of benzene rings is 1. The predicted molar refractivity (Wildman–Crippen MR) is 92.1 cm³/mol. The fraction of sp³-hybridized carbons (Fsp3) is 0.588. The van der Waals surface area contributed by atoms with Gasteiger partial charge in [0, 0.05) is 24.8 Å². The Bertz CT molecular complexity index is 907. The number of ether oxygens (including phenoxy) is 1. The lowest BCUT2D eigenvalue weighted by Gasteiger charge is -2.17. The molecule has 10 heteroatoms. The van der Waals surface area contributed by atoms with Crippen molar-refractivity contribution in [3.63, 3.8) is 0 Å². The van der Waals surface area contributed by atoms with Crippen LogP contribution in [0.25, 0.3) is 11.0 Å². The topological polar surface area (TPSA) is 86.1 Å². The molecule has 0 saturated carbocycles. The summed E-state index contributed by atoms with van der Waals surface area (Å²) in [4.78, 5) is 3.01. The normalized spacial score (nSPS) is 14.0. The highest BCUT2D eigenvalue weighted by molar-refractivity contribution is 7.85. The Morgan fingerprint density at radius 3 is 2.52 bits per heavy atom. The molecule has 1 aromatic heterocycles. The number of alkyl halides is 3. The zero-order valence-corrected chi connectivity index (χ0v) is 16.2. The minimum Gasteiger partial charge on any atom is -0.748 e. The van der Waals surface area contributed by atoms with Gasteiger partial charge in [0.2, 0.25) is 0 Å². The molecule has 6 nitrogen and oxygen atoms in total. The van der Waals surface area contributed by atoms with Gasteiger partial charge in [-0.25, -0.2) is 18.0 Å². The first kappa shape index (κ1) is 21.6. The van der Waals surface area contributed by atoms with Crippen molar-refractivity contribution in [2.24, 2.45) is 0 Å². The van der Waals surface area contributed by atoms with Gasteiger partial charge in [0.15, 0.2) is 11.0 Å². The van der Waals surface area contributed by atoms with E-state index in [1.807, 2.05) is 0 Å². The van der Waals surface area contributed by atoms with Crippen LogP contribution >= 0.6 is 0 Å². The second kappa shape index (κ2) is 8.15. The molecule has 0 aliphatic carbocycles. The molecule has 0 saturated heterocycles. The summed E-state index contributed by atoms with van der Waals surface area (Å²) >= 11 is 0. The summed E-state index contributed by atoms with van der Waals surface area (Å²) < 4.78 is 79.7. The minimum atomic E-state index is -4.51. The summed E-state index contributed by atoms with van der Waals surface area (Å²) in [6, 6.07) is 2.44. The zero-order chi connectivity index (χ0) is 20.4. The Hall–Kier alpha value is -1.65. The van der Waals surface area contributed by atoms with Crippen molar-refractivity contribution in [3.05, 3.63) is 29.1 Å². The molecule has 27 heavy (non-hydrogen) atoms. The molecule has 0 radical (unpaired) electrons. The molecule has 0 fully saturated rings. The van der Waals surface area contributed by atoms with Crippen LogP contribution in [0.5, 0.6) is 0 Å². The molecule has 0 aliphatic rings. The first-order valence-electron chi connectivity index (χ1n) is 8.63. The summed E-state index contributed by atoms with van der Waals surface area (Å²) in [6.07, 6.45) is -4.67. The van der Waals surface area contributed by atoms with Crippen LogP contribution in [0, 0.1) is 6.92 Å². The van der Waals surface area contributed by atoms with Crippen LogP contribution in [0.3, 0.4) is 0 Å². The molecule has 0 aliphatic heterocycles. The van der Waals surface area contributed by atoms with Gasteiger partial charge in [0.1, 0.15) is 0 Å². The van der Waals surface area contributed by atoms with Crippen LogP contribution in [0.15, 0.2) is 12.1 Å². The molecule has 2 aromatic rings. The van der Waals surface area contributed by atoms with Crippen LogP contribution in [-0.4, -0.2) is 30.3 Å². The van der Waals surface area contributed by atoms with E-state index < -0.39 is 33.7 Å². The van der Waals surface area contributed by atoms with Crippen molar-refractivity contribution < 1.29 is 35.4 Å². The van der Waals surface area contributed by atoms with Gasteiger partial charge in [-0.15, -0.1) is 0 Å². The first-order chi connectivity index (χ1) is 12.5. The molecule has 1 heterocycles. The number of aromatic amines is 1. The molecule has 1 N–H and O–H groups in total. The molecular formula is C17H23F3N2O4S. The lowest BCUT2D eigenvalue weighted by Crippen LogP contribution is -2.36. The monoisotopic (exact) mass is 408 g/mol. The van der Waals surface area contributed by atoms with E-state index in [2.05, 4.69) is 4.98 Å². The van der Waals surface area contributed by atoms with Crippen LogP contribution in [-0.2, 0) is 27.6 Å². The third-order valence-electron chi connectivity index (χ3n) is 4.38. The second-order valence-electron chi connectivity index (χ2n) is 6.35. The minimum absolute atomic E-state index is 0.0471. The van der Waals surface area contributed by atoms with Crippen molar-refractivity contribution in [2.75, 3.05) is 12.4 Å². The van der Waals surface area contributed by atoms with Gasteiger partial charge >= 0.3 is 6.18 Å². The van der Waals surface area contributed by atoms with E-state index in [1.165, 1.54) is 6.07 Å². The maximum Gasteiger partial charge on any atom is 0.416 e. The number of unbranched alkanes of at least 4 members (excludes halogenated alkanes) is 1. The van der Waals surface area contributed by atoms with Crippen LogP contribution in [0.2, 0.25) is 0 Å². The lowest BCUT2D eigenvalue weighted by atomic mass is 10.0. The number of aryl methyl sites for hydroxylation is 2. The standard InChI is InChI=1S/C17H23F3N2O4S/c1-4-26-11(2)15-13(17(18,19)20)7-8-14-16(15)21-12(3)22(14)9-5-6-10-27(23,24)25/h7-8,11H,4-6,9-10H2,1-3H3,(H,23,24,25). The van der Waals surface area contributed by atoms with Crippen molar-refractivity contribution in [3.8, 4) is 0 Å². The Balaban J connectivity index is 2.45. The van der Waals surface area contributed by atoms with E-state index in [4.69, 9.17) is 4.74 Å². The molecule has 0 bridgehead atoms. The highest BCUT2D eigenvalue weighted by Gasteiger charge is 2.38. The fourth-order valence-electron chi connectivity index (χ4n) is 3.23. The highest BCUT2D eigenvalue weighted by Crippen LogP contribution is 2.38. The molecule has 1 atom stereocenters. The summed E-state index contributed by atoms with van der Waals surface area (Å²) in [5.41, 5.74) is 0.222. The largest absolute Gasteiger partial charge is 0.748 e. The average Bonchev–Trinajstić information content (AvgIpc) is 2.84. The molecular weight excluding hydrogens is 385 g/mol. The number of hydrogen-bond acceptors (Lipinski definition) is 4. The third-order valence-corrected chi connectivity index (χ3v) is 5.17. The lowest BCUT2D eigenvalue weighted by molar-refractivity contribution is -0.677. The Morgan fingerprint density at radius 2 is 1.96 bits per heavy atom. The molecule has 1 unspecified atom stereocenters. The Morgan fingerprint density at radius 1 is 1.30 bits per heavy atom. The van der Waals surface area contributed by atoms with Crippen molar-refractivity contribution in [2.45, 2.75) is 52.4 Å². The van der Waals surface area contributed by atoms with Gasteiger partial charge in [-0.1, -0.05) is 0 Å². The van der Waals surface area contributed by atoms with Gasteiger partial charge in [-0.3, -0.25) is 0 Å². The Labute approximate surface area is 156 Å². The number of nitrogens with one attached hydrogen (secondary N) is 1. The number of aromatic nitrogens is 2. The van der Waals surface area contributed by atoms with Gasteiger partial charge in [0.25, 0.3) is 5.82 Å². The maximum atomic E-state index is 13.5. The van der Waals surface area contributed by atoms with E-state index in [0.29, 0.717) is 29.8 Å². The zero-order valence-electron chi connectivity index (χ0n) is 15.4. The van der Waals surface area contributed by atoms with E-state index in [9.17, 15) is 26.1 Å². The Kier molecular flexibility index (Phi) is 6.54. The number of H-pyrrole nitrogens is 1. The van der Waals surface area contributed by atoms with Crippen molar-refractivity contribution in [1.29, 1.82) is 0 Å². The molecule has 2 rings (SSSR count). The molecule has 152 valence electrons. The predicted octanol–water partition coefficient (Wildman–Crippen LogP) is 3.21. The van der Waals surface area contributed by atoms with Crippen LogP contribution < -0.4 is 4.57 Å². The number of hydrogen-bond donors (Lipinski definition) is 1. The quantitative estimate of drug-likeness (QED) is 0.413. The van der Waals surface area contributed by atoms with Crippen molar-refractivity contribution in [1.82, 2.24) is 4.98 Å². The van der Waals surface area contributed by atoms with Gasteiger partial charge < -0.3 is 9.29 Å². The number of halogens is 3. The van der Waals surface area contributed by atoms with E-state index in [-0.39, 0.29) is 18.6 Å². The summed E-state index contributed by atoms with van der Waals surface area (Å²) in [5, 5.41) is 0. The number of fused-ring (bicyclic) bond motifs is 1. The smallest absolute Gasteiger partial charge is 0.416 e. The molecule has 0 spiro atoms. The fourth-order valence-corrected chi connectivity index (χ4v) is 3.79. The summed E-state index contributed by atoms with van der Waals surface area (Å²) in [5.74, 6) is 0.180. The van der Waals surface area contributed by atoms with E-state index in [1.54, 1.807) is 25.3 Å². The SMILES string of the molecule is CCOC(C)c1c(C(F)(F)F)ccc2c1[nH]c(C)[n+]2CCCCS(=O)(=O)[O-]. The molecule has 1 aromatic carbocycles. The highest BCUT2D eigenvalue weighted by atomic mass is 32.2. The number of rotatable bonds is 8. The summed E-state index contributed by atoms with van der Waals surface area (Å²) in [7, 11) is -4.27. The molecule has 0 amide bonds. The maximum absolute atomic E-state index is 13.5. The summed E-state index contributed by atoms with van der Waals surface area (Å²) in [6.45, 7) is 5.68. The van der Waals surface area contributed by atoms with Gasteiger partial charge in [0.05, 0.1) is 28.3 Å². The van der Waals surface area contributed by atoms with Gasteiger partial charge in [-0.05, 0) is 38.8 Å². The van der Waals surface area contributed by atoms with E-state index in [0.717, 1.165) is 6.07 Å². The number of nitrogens with zero attached hydrogens (tertiary/aromatic N) is 1. The second-order valence-corrected chi connectivity index (χ2v) is 7.87. The van der Waals surface area contributed by atoms with Crippen molar-refractivity contribution >= 4 is 21.2 Å².